The summed E-state index contributed by atoms with van der Waals surface area (Å²) in [4.78, 5) is 23.6. The summed E-state index contributed by atoms with van der Waals surface area (Å²) in [5, 5.41) is 20.0. The molecule has 0 aromatic carbocycles. The number of aliphatic hydroxyl groups excluding tert-OH is 2. The van der Waals surface area contributed by atoms with Crippen molar-refractivity contribution in [3.8, 4) is 0 Å². The van der Waals surface area contributed by atoms with Crippen LogP contribution in [0, 0.1) is 17.8 Å². The minimum atomic E-state index is -0.668. The predicted octanol–water partition coefficient (Wildman–Crippen LogP) is 0.859. The second-order valence-corrected chi connectivity index (χ2v) is 5.74. The van der Waals surface area contributed by atoms with E-state index in [1.165, 1.54) is 6.08 Å². The summed E-state index contributed by atoms with van der Waals surface area (Å²) in [5.74, 6) is -0.606. The quantitative estimate of drug-likeness (QED) is 0.726. The van der Waals surface area contributed by atoms with Crippen LogP contribution < -0.4 is 0 Å². The summed E-state index contributed by atoms with van der Waals surface area (Å²) in [6, 6.07) is 0. The molecule has 2 aliphatic carbocycles. The minimum Gasteiger partial charge on any atom is -0.392 e. The molecule has 5 atom stereocenters. The fraction of sp³-hybridized carbons (Fsp3) is 0.714. The number of Topliss-reactive ketones (excluding diaryl/α,β-unsaturated/α-hetero) is 2. The topological polar surface area (TPSA) is 74.6 Å². The Hall–Kier alpha value is -1.00. The van der Waals surface area contributed by atoms with E-state index in [0.29, 0.717) is 18.4 Å². The van der Waals surface area contributed by atoms with Crippen molar-refractivity contribution in [2.75, 3.05) is 0 Å². The first-order chi connectivity index (χ1) is 8.40. The average molecular weight is 252 g/mol. The Balaban J connectivity index is 2.26. The van der Waals surface area contributed by atoms with E-state index in [4.69, 9.17) is 0 Å². The van der Waals surface area contributed by atoms with Gasteiger partial charge < -0.3 is 10.2 Å². The molecule has 0 bridgehead atoms. The van der Waals surface area contributed by atoms with Gasteiger partial charge in [-0.1, -0.05) is 13.8 Å². The monoisotopic (exact) mass is 252 g/mol. The Kier molecular flexibility index (Phi) is 3.69. The summed E-state index contributed by atoms with van der Waals surface area (Å²) in [6.07, 6.45) is 1.09. The maximum atomic E-state index is 12.0. The Morgan fingerprint density at radius 3 is 2.39 bits per heavy atom. The van der Waals surface area contributed by atoms with Crippen LogP contribution >= 0.6 is 0 Å². The number of aliphatic hydroxyl groups is 2. The van der Waals surface area contributed by atoms with Gasteiger partial charge in [0.05, 0.1) is 12.2 Å². The van der Waals surface area contributed by atoms with Gasteiger partial charge in [0.1, 0.15) is 5.78 Å². The number of carbonyl (C=O) groups is 2. The summed E-state index contributed by atoms with van der Waals surface area (Å²) < 4.78 is 0. The van der Waals surface area contributed by atoms with Gasteiger partial charge in [-0.3, -0.25) is 9.59 Å². The lowest BCUT2D eigenvalue weighted by Crippen LogP contribution is -2.40. The molecule has 0 radical (unpaired) electrons. The highest BCUT2D eigenvalue weighted by Gasteiger charge is 2.39. The van der Waals surface area contributed by atoms with E-state index >= 15 is 0 Å². The molecular weight excluding hydrogens is 232 g/mol. The number of rotatable bonds is 1. The van der Waals surface area contributed by atoms with Crippen molar-refractivity contribution in [3.05, 3.63) is 11.6 Å². The van der Waals surface area contributed by atoms with E-state index in [9.17, 15) is 19.8 Å². The van der Waals surface area contributed by atoms with Crippen LogP contribution in [0.1, 0.15) is 33.1 Å². The Morgan fingerprint density at radius 2 is 1.72 bits per heavy atom. The summed E-state index contributed by atoms with van der Waals surface area (Å²) in [6.45, 7) is 3.64. The predicted molar refractivity (Wildman–Crippen MR) is 65.8 cm³/mol. The highest BCUT2D eigenvalue weighted by Crippen LogP contribution is 2.36. The molecule has 18 heavy (non-hydrogen) atoms. The maximum Gasteiger partial charge on any atom is 0.159 e. The average Bonchev–Trinajstić information content (AvgIpc) is 2.29. The molecule has 4 nitrogen and oxygen atoms in total. The van der Waals surface area contributed by atoms with Gasteiger partial charge >= 0.3 is 0 Å². The van der Waals surface area contributed by atoms with Crippen LogP contribution in [0.15, 0.2) is 11.6 Å². The van der Waals surface area contributed by atoms with Crippen LogP contribution in [-0.4, -0.2) is 34.0 Å². The Morgan fingerprint density at radius 1 is 1.06 bits per heavy atom. The Bertz CT molecular complexity index is 399. The summed E-state index contributed by atoms with van der Waals surface area (Å²) in [5.41, 5.74) is 0.452. The number of hydrogen-bond acceptors (Lipinski definition) is 4. The van der Waals surface area contributed by atoms with Crippen LogP contribution in [0.25, 0.3) is 0 Å². The zero-order valence-corrected chi connectivity index (χ0v) is 10.8. The van der Waals surface area contributed by atoms with E-state index in [2.05, 4.69) is 0 Å². The largest absolute Gasteiger partial charge is 0.392 e. The first-order valence-electron chi connectivity index (χ1n) is 6.53. The number of hydrogen-bond donors (Lipinski definition) is 2. The second-order valence-electron chi connectivity index (χ2n) is 5.74. The third-order valence-electron chi connectivity index (χ3n) is 4.15. The van der Waals surface area contributed by atoms with Gasteiger partial charge in [-0.2, -0.15) is 0 Å². The Labute approximate surface area is 107 Å². The first-order valence-corrected chi connectivity index (χ1v) is 6.53. The highest BCUT2D eigenvalue weighted by molar-refractivity contribution is 5.98. The van der Waals surface area contributed by atoms with Gasteiger partial charge in [-0.15, -0.1) is 0 Å². The van der Waals surface area contributed by atoms with Crippen LogP contribution in [0.2, 0.25) is 0 Å². The molecule has 0 aromatic rings. The van der Waals surface area contributed by atoms with Gasteiger partial charge in [0.2, 0.25) is 0 Å². The lowest BCUT2D eigenvalue weighted by atomic mass is 9.71. The zero-order valence-electron chi connectivity index (χ0n) is 10.8. The van der Waals surface area contributed by atoms with Gasteiger partial charge in [-0.25, -0.2) is 0 Å². The summed E-state index contributed by atoms with van der Waals surface area (Å²) in [7, 11) is 0. The SMILES string of the molecule is C[C@@H]1CC(=O)C[C@H](C2=C[C@@H](O)[C@H](C)CC2=O)[C@H]1O. The van der Waals surface area contributed by atoms with Gasteiger partial charge in [0.25, 0.3) is 0 Å². The molecule has 0 saturated heterocycles. The van der Waals surface area contributed by atoms with E-state index in [1.807, 2.05) is 13.8 Å². The van der Waals surface area contributed by atoms with Crippen LogP contribution in [-0.2, 0) is 9.59 Å². The zero-order chi connectivity index (χ0) is 13.4. The van der Waals surface area contributed by atoms with Crippen molar-refractivity contribution in [2.24, 2.45) is 17.8 Å². The minimum absolute atomic E-state index is 0.0428. The second kappa shape index (κ2) is 4.94. The number of ketones is 2. The van der Waals surface area contributed by atoms with Crippen molar-refractivity contribution < 1.29 is 19.8 Å². The molecule has 0 spiro atoms. The van der Waals surface area contributed by atoms with Crippen molar-refractivity contribution in [1.82, 2.24) is 0 Å². The molecule has 4 heteroatoms. The molecule has 0 amide bonds. The summed E-state index contributed by atoms with van der Waals surface area (Å²) >= 11 is 0. The molecule has 2 N–H and O–H groups in total. The highest BCUT2D eigenvalue weighted by atomic mass is 16.3. The van der Waals surface area contributed by atoms with Crippen molar-refractivity contribution >= 4 is 11.6 Å². The van der Waals surface area contributed by atoms with Gasteiger partial charge in [0.15, 0.2) is 5.78 Å². The fourth-order valence-corrected chi connectivity index (χ4v) is 2.92. The van der Waals surface area contributed by atoms with E-state index in [0.717, 1.165) is 0 Å². The third kappa shape index (κ3) is 2.40. The normalized spacial score (nSPS) is 41.8. The van der Waals surface area contributed by atoms with Gasteiger partial charge in [-0.05, 0) is 23.5 Å². The van der Waals surface area contributed by atoms with E-state index in [1.54, 1.807) is 0 Å². The van der Waals surface area contributed by atoms with Crippen LogP contribution in [0.5, 0.6) is 0 Å². The standard InChI is InChI=1S/C14H20O4/c1-7-4-13(17)10(6-12(7)16)11-5-9(15)3-8(2)14(11)18/h6-8,11-12,14,16,18H,3-5H2,1-2H3/t7-,8-,11-,12-,14+/m1/s1. The third-order valence-corrected chi connectivity index (χ3v) is 4.15. The van der Waals surface area contributed by atoms with E-state index < -0.39 is 18.1 Å². The van der Waals surface area contributed by atoms with Crippen LogP contribution in [0.4, 0.5) is 0 Å². The number of carbonyl (C=O) groups excluding carboxylic acids is 2. The molecule has 0 unspecified atom stereocenters. The van der Waals surface area contributed by atoms with Crippen molar-refractivity contribution in [1.29, 1.82) is 0 Å². The molecular formula is C14H20O4. The molecule has 0 aromatic heterocycles. The lowest BCUT2D eigenvalue weighted by Gasteiger charge is -2.35. The molecule has 0 heterocycles. The lowest BCUT2D eigenvalue weighted by molar-refractivity contribution is -0.127. The smallest absolute Gasteiger partial charge is 0.159 e. The van der Waals surface area contributed by atoms with Crippen molar-refractivity contribution in [3.63, 3.8) is 0 Å². The fourth-order valence-electron chi connectivity index (χ4n) is 2.92. The van der Waals surface area contributed by atoms with E-state index in [-0.39, 0.29) is 29.8 Å². The molecule has 2 rings (SSSR count). The first kappa shape index (κ1) is 13.4. The molecule has 2 aliphatic rings. The molecule has 0 aliphatic heterocycles. The molecule has 1 fully saturated rings. The molecule has 1 saturated carbocycles. The van der Waals surface area contributed by atoms with Crippen LogP contribution in [0.3, 0.4) is 0 Å². The maximum absolute atomic E-state index is 12.0. The van der Waals surface area contributed by atoms with Crippen molar-refractivity contribution in [2.45, 2.75) is 45.3 Å². The van der Waals surface area contributed by atoms with Gasteiger partial charge in [0, 0.05) is 25.2 Å². The molecule has 100 valence electrons.